The lowest BCUT2D eigenvalue weighted by Gasteiger charge is -2.16. The minimum atomic E-state index is -4.00. The van der Waals surface area contributed by atoms with Crippen molar-refractivity contribution < 1.29 is 17.9 Å². The summed E-state index contributed by atoms with van der Waals surface area (Å²) in [7, 11) is -2.64. The standard InChI is InChI=1S/C20H25ClN2O4S/c1-4-5-6-15-7-10-17(11-8-15)22-20(24)14(2)23-28(25,26)19-13-16(21)9-12-18(19)27-3/h7-14,23H,4-6H2,1-3H3,(H,22,24)/t14-/m0/s1. The van der Waals surface area contributed by atoms with Crippen LogP contribution in [0.4, 0.5) is 5.69 Å². The van der Waals surface area contributed by atoms with Crippen molar-refractivity contribution >= 4 is 33.2 Å². The number of hydrogen-bond donors (Lipinski definition) is 2. The fraction of sp³-hybridized carbons (Fsp3) is 0.350. The molecule has 2 aromatic rings. The van der Waals surface area contributed by atoms with Gasteiger partial charge in [-0.2, -0.15) is 4.72 Å². The Morgan fingerprint density at radius 3 is 2.46 bits per heavy atom. The van der Waals surface area contributed by atoms with Crippen LogP contribution in [0.25, 0.3) is 0 Å². The van der Waals surface area contributed by atoms with E-state index in [1.165, 1.54) is 37.8 Å². The van der Waals surface area contributed by atoms with Crippen molar-refractivity contribution in [3.05, 3.63) is 53.1 Å². The second kappa shape index (κ2) is 9.91. The highest BCUT2D eigenvalue weighted by Gasteiger charge is 2.25. The summed E-state index contributed by atoms with van der Waals surface area (Å²) in [5.41, 5.74) is 1.80. The van der Waals surface area contributed by atoms with Crippen LogP contribution >= 0.6 is 11.6 Å². The zero-order valence-corrected chi connectivity index (χ0v) is 17.7. The third-order valence-electron chi connectivity index (χ3n) is 4.18. The highest BCUT2D eigenvalue weighted by Crippen LogP contribution is 2.27. The maximum absolute atomic E-state index is 12.6. The summed E-state index contributed by atoms with van der Waals surface area (Å²) < 4.78 is 32.7. The number of halogens is 1. The van der Waals surface area contributed by atoms with Crippen LogP contribution < -0.4 is 14.8 Å². The molecular weight excluding hydrogens is 400 g/mol. The van der Waals surface area contributed by atoms with E-state index < -0.39 is 22.0 Å². The number of carbonyl (C=O) groups excluding carboxylic acids is 1. The molecule has 0 heterocycles. The van der Waals surface area contributed by atoms with Gasteiger partial charge in [0.05, 0.1) is 13.2 Å². The number of amides is 1. The van der Waals surface area contributed by atoms with Crippen LogP contribution in [0.3, 0.4) is 0 Å². The van der Waals surface area contributed by atoms with E-state index in [2.05, 4.69) is 17.0 Å². The van der Waals surface area contributed by atoms with Gasteiger partial charge in [0.15, 0.2) is 0 Å². The van der Waals surface area contributed by atoms with Gasteiger partial charge in [-0.15, -0.1) is 0 Å². The van der Waals surface area contributed by atoms with Crippen LogP contribution in [0.15, 0.2) is 47.4 Å². The first-order chi connectivity index (χ1) is 13.3. The lowest BCUT2D eigenvalue weighted by Crippen LogP contribution is -2.41. The van der Waals surface area contributed by atoms with Gasteiger partial charge >= 0.3 is 0 Å². The molecule has 2 rings (SSSR count). The van der Waals surface area contributed by atoms with E-state index >= 15 is 0 Å². The number of rotatable bonds is 9. The monoisotopic (exact) mass is 424 g/mol. The molecule has 0 fully saturated rings. The van der Waals surface area contributed by atoms with Gasteiger partial charge in [0, 0.05) is 10.7 Å². The number of aryl methyl sites for hydroxylation is 1. The number of sulfonamides is 1. The Kier molecular flexibility index (Phi) is 7.86. The van der Waals surface area contributed by atoms with Gasteiger partial charge in [-0.05, 0) is 55.7 Å². The summed E-state index contributed by atoms with van der Waals surface area (Å²) in [4.78, 5) is 12.3. The largest absolute Gasteiger partial charge is 0.495 e. The molecule has 2 aromatic carbocycles. The highest BCUT2D eigenvalue weighted by molar-refractivity contribution is 7.89. The maximum Gasteiger partial charge on any atom is 0.245 e. The van der Waals surface area contributed by atoms with Crippen LogP contribution in [-0.4, -0.2) is 27.5 Å². The molecule has 0 saturated heterocycles. The topological polar surface area (TPSA) is 84.5 Å². The molecule has 0 spiro atoms. The predicted octanol–water partition coefficient (Wildman–Crippen LogP) is 4.00. The van der Waals surface area contributed by atoms with Gasteiger partial charge < -0.3 is 10.1 Å². The third-order valence-corrected chi connectivity index (χ3v) is 5.98. The predicted molar refractivity (Wildman–Crippen MR) is 111 cm³/mol. The molecule has 28 heavy (non-hydrogen) atoms. The second-order valence-corrected chi connectivity index (χ2v) is 8.55. The van der Waals surface area contributed by atoms with Crippen molar-refractivity contribution in [3.8, 4) is 5.75 Å². The Hall–Kier alpha value is -2.09. The molecular formula is C20H25ClN2O4S. The molecule has 0 aliphatic carbocycles. The van der Waals surface area contributed by atoms with Crippen molar-refractivity contribution in [1.29, 1.82) is 0 Å². The van der Waals surface area contributed by atoms with Crippen LogP contribution in [0.2, 0.25) is 5.02 Å². The molecule has 0 bridgehead atoms. The minimum Gasteiger partial charge on any atom is -0.495 e. The molecule has 0 unspecified atom stereocenters. The molecule has 152 valence electrons. The summed E-state index contributed by atoms with van der Waals surface area (Å²) in [6, 6.07) is 10.8. The number of hydrogen-bond acceptors (Lipinski definition) is 4. The molecule has 1 atom stereocenters. The van der Waals surface area contributed by atoms with Gasteiger partial charge in [-0.25, -0.2) is 8.42 Å². The molecule has 0 aliphatic rings. The summed E-state index contributed by atoms with van der Waals surface area (Å²) in [5.74, 6) is -0.321. The van der Waals surface area contributed by atoms with Gasteiger partial charge in [-0.1, -0.05) is 37.1 Å². The first-order valence-corrected chi connectivity index (χ1v) is 10.9. The third kappa shape index (κ3) is 5.95. The van der Waals surface area contributed by atoms with Crippen LogP contribution in [0, 0.1) is 0 Å². The smallest absolute Gasteiger partial charge is 0.245 e. The number of unbranched alkanes of at least 4 members (excludes halogenated alkanes) is 1. The number of anilines is 1. The highest BCUT2D eigenvalue weighted by atomic mass is 35.5. The molecule has 0 radical (unpaired) electrons. The Balaban J connectivity index is 2.06. The second-order valence-electron chi connectivity index (χ2n) is 6.43. The molecule has 0 aliphatic heterocycles. The first-order valence-electron chi connectivity index (χ1n) is 9.02. The number of nitrogens with one attached hydrogen (secondary N) is 2. The van der Waals surface area contributed by atoms with Gasteiger partial charge in [0.2, 0.25) is 15.9 Å². The molecule has 0 saturated carbocycles. The van der Waals surface area contributed by atoms with E-state index in [9.17, 15) is 13.2 Å². The summed E-state index contributed by atoms with van der Waals surface area (Å²) in [6.07, 6.45) is 3.22. The molecule has 8 heteroatoms. The summed E-state index contributed by atoms with van der Waals surface area (Å²) >= 11 is 5.90. The number of methoxy groups -OCH3 is 1. The Morgan fingerprint density at radius 2 is 1.86 bits per heavy atom. The average Bonchev–Trinajstić information content (AvgIpc) is 2.67. The average molecular weight is 425 g/mol. The van der Waals surface area contributed by atoms with E-state index in [0.717, 1.165) is 19.3 Å². The van der Waals surface area contributed by atoms with Crippen LogP contribution in [0.5, 0.6) is 5.75 Å². The normalized spacial score (nSPS) is 12.4. The molecule has 6 nitrogen and oxygen atoms in total. The van der Waals surface area contributed by atoms with Crippen molar-refractivity contribution in [2.24, 2.45) is 0 Å². The Morgan fingerprint density at radius 1 is 1.18 bits per heavy atom. The number of ether oxygens (including phenoxy) is 1. The van der Waals surface area contributed by atoms with E-state index in [0.29, 0.717) is 5.69 Å². The summed E-state index contributed by atoms with van der Waals surface area (Å²) in [6.45, 7) is 3.61. The summed E-state index contributed by atoms with van der Waals surface area (Å²) in [5, 5.41) is 2.97. The first kappa shape index (κ1) is 22.2. The fourth-order valence-corrected chi connectivity index (χ4v) is 4.23. The van der Waals surface area contributed by atoms with Crippen LogP contribution in [0.1, 0.15) is 32.3 Å². The van der Waals surface area contributed by atoms with E-state index in [1.807, 2.05) is 24.3 Å². The molecule has 1 amide bonds. The zero-order valence-electron chi connectivity index (χ0n) is 16.2. The van der Waals surface area contributed by atoms with Crippen molar-refractivity contribution in [1.82, 2.24) is 4.72 Å². The van der Waals surface area contributed by atoms with Crippen molar-refractivity contribution in [2.75, 3.05) is 12.4 Å². The zero-order chi connectivity index (χ0) is 20.7. The van der Waals surface area contributed by atoms with Crippen molar-refractivity contribution in [2.45, 2.75) is 44.0 Å². The minimum absolute atomic E-state index is 0.123. The quantitative estimate of drug-likeness (QED) is 0.637. The van der Waals surface area contributed by atoms with Crippen molar-refractivity contribution in [3.63, 3.8) is 0 Å². The van der Waals surface area contributed by atoms with Gasteiger partial charge in [0.1, 0.15) is 10.6 Å². The molecule has 0 aromatic heterocycles. The lowest BCUT2D eigenvalue weighted by atomic mass is 10.1. The van der Waals surface area contributed by atoms with Crippen LogP contribution in [-0.2, 0) is 21.2 Å². The maximum atomic E-state index is 12.6. The number of carbonyl (C=O) groups is 1. The SMILES string of the molecule is CCCCc1ccc(NC(=O)[C@H](C)NS(=O)(=O)c2cc(Cl)ccc2OC)cc1. The van der Waals surface area contributed by atoms with Gasteiger partial charge in [-0.3, -0.25) is 4.79 Å². The van der Waals surface area contributed by atoms with E-state index in [1.54, 1.807) is 0 Å². The Bertz CT molecular complexity index is 914. The lowest BCUT2D eigenvalue weighted by molar-refractivity contribution is -0.117. The van der Waals surface area contributed by atoms with E-state index in [4.69, 9.17) is 16.3 Å². The van der Waals surface area contributed by atoms with E-state index in [-0.39, 0.29) is 15.7 Å². The Labute approximate surface area is 171 Å². The molecule has 2 N–H and O–H groups in total. The fourth-order valence-electron chi connectivity index (χ4n) is 2.60. The number of benzene rings is 2. The van der Waals surface area contributed by atoms with Gasteiger partial charge in [0.25, 0.3) is 0 Å².